The maximum absolute atomic E-state index is 5.82. The molecule has 1 aliphatic rings. The maximum Gasteiger partial charge on any atom is 0.113 e. The molecule has 0 bridgehead atoms. The van der Waals surface area contributed by atoms with Crippen LogP contribution in [0, 0.1) is 0 Å². The summed E-state index contributed by atoms with van der Waals surface area (Å²) < 4.78 is 6.45. The van der Waals surface area contributed by atoms with Crippen molar-refractivity contribution in [2.45, 2.75) is 19.6 Å². The number of likely N-dealkylation sites (N-methyl/N-ethyl adjacent to an activating group) is 1. The third-order valence-electron chi connectivity index (χ3n) is 2.84. The molecule has 4 nitrogen and oxygen atoms in total. The molecule has 0 radical (unpaired) electrons. The monoisotopic (exact) mass is 275 g/mol. The van der Waals surface area contributed by atoms with Gasteiger partial charge in [-0.05, 0) is 6.54 Å². The van der Waals surface area contributed by atoms with E-state index in [1.54, 1.807) is 6.20 Å². The number of thiazole rings is 1. The first kappa shape index (κ1) is 13.2. The van der Waals surface area contributed by atoms with Gasteiger partial charge >= 0.3 is 0 Å². The molecular weight excluding hydrogens is 258 g/mol. The van der Waals surface area contributed by atoms with Gasteiger partial charge in [0.05, 0.1) is 18.9 Å². The number of hydrogen-bond acceptors (Lipinski definition) is 5. The highest BCUT2D eigenvalue weighted by molar-refractivity contribution is 7.15. The molecule has 6 heteroatoms. The number of aromatic nitrogens is 1. The number of halogens is 1. The maximum atomic E-state index is 5.82. The van der Waals surface area contributed by atoms with Crippen molar-refractivity contribution in [3.63, 3.8) is 0 Å². The number of nitrogens with zero attached hydrogens (tertiary/aromatic N) is 2. The summed E-state index contributed by atoms with van der Waals surface area (Å²) >= 11 is 7.34. The van der Waals surface area contributed by atoms with E-state index in [-0.39, 0.29) is 0 Å². The van der Waals surface area contributed by atoms with Crippen molar-refractivity contribution in [3.05, 3.63) is 15.5 Å². The lowest BCUT2D eigenvalue weighted by atomic mass is 10.2. The third-order valence-corrected chi connectivity index (χ3v) is 3.96. The summed E-state index contributed by atoms with van der Waals surface area (Å²) in [4.78, 5) is 6.62. The van der Waals surface area contributed by atoms with Gasteiger partial charge in [-0.2, -0.15) is 0 Å². The summed E-state index contributed by atoms with van der Waals surface area (Å²) in [5.74, 6) is 0. The van der Waals surface area contributed by atoms with Crippen molar-refractivity contribution in [2.24, 2.45) is 0 Å². The molecular formula is C11H18ClN3OS. The van der Waals surface area contributed by atoms with Crippen LogP contribution in [0.25, 0.3) is 0 Å². The fourth-order valence-corrected chi connectivity index (χ4v) is 2.83. The fraction of sp³-hybridized carbons (Fsp3) is 0.727. The van der Waals surface area contributed by atoms with Gasteiger partial charge in [-0.3, -0.25) is 4.90 Å². The van der Waals surface area contributed by atoms with E-state index in [4.69, 9.17) is 16.3 Å². The molecule has 1 aromatic heterocycles. The van der Waals surface area contributed by atoms with Crippen LogP contribution in [0.15, 0.2) is 6.20 Å². The van der Waals surface area contributed by atoms with Gasteiger partial charge < -0.3 is 10.1 Å². The van der Waals surface area contributed by atoms with Crippen molar-refractivity contribution >= 4 is 22.9 Å². The molecule has 0 saturated carbocycles. The summed E-state index contributed by atoms with van der Waals surface area (Å²) in [5, 5.41) is 4.39. The smallest absolute Gasteiger partial charge is 0.113 e. The van der Waals surface area contributed by atoms with Crippen LogP contribution < -0.4 is 5.32 Å². The van der Waals surface area contributed by atoms with Crippen LogP contribution in [0.2, 0.25) is 4.34 Å². The van der Waals surface area contributed by atoms with Crippen LogP contribution in [-0.2, 0) is 11.3 Å². The highest BCUT2D eigenvalue weighted by Gasteiger charge is 2.18. The van der Waals surface area contributed by atoms with Crippen LogP contribution in [0.1, 0.15) is 11.9 Å². The van der Waals surface area contributed by atoms with Crippen LogP contribution in [0.3, 0.4) is 0 Å². The Morgan fingerprint density at radius 2 is 2.59 bits per heavy atom. The Morgan fingerprint density at radius 1 is 1.71 bits per heavy atom. The minimum atomic E-state index is 0.291. The van der Waals surface area contributed by atoms with Crippen LogP contribution in [0.5, 0.6) is 0 Å². The molecule has 0 aliphatic carbocycles. The van der Waals surface area contributed by atoms with Crippen LogP contribution in [0.4, 0.5) is 0 Å². The number of morpholine rings is 1. The predicted octanol–water partition coefficient (Wildman–Crippen LogP) is 1.61. The van der Waals surface area contributed by atoms with Crippen molar-refractivity contribution in [3.8, 4) is 0 Å². The fourth-order valence-electron chi connectivity index (χ4n) is 1.90. The zero-order valence-electron chi connectivity index (χ0n) is 9.99. The largest absolute Gasteiger partial charge is 0.374 e. The Balaban J connectivity index is 1.68. The Morgan fingerprint density at radius 3 is 3.29 bits per heavy atom. The van der Waals surface area contributed by atoms with E-state index in [9.17, 15) is 0 Å². The lowest BCUT2D eigenvalue weighted by molar-refractivity contribution is -0.0253. The molecule has 1 fully saturated rings. The average Bonchev–Trinajstić information content (AvgIpc) is 2.75. The van der Waals surface area contributed by atoms with E-state index in [1.807, 2.05) is 0 Å². The molecule has 1 saturated heterocycles. The first-order valence-electron chi connectivity index (χ1n) is 5.93. The molecule has 1 atom stereocenters. The number of nitrogens with one attached hydrogen (secondary N) is 1. The van der Waals surface area contributed by atoms with Crippen molar-refractivity contribution < 1.29 is 4.74 Å². The number of hydrogen-bond donors (Lipinski definition) is 1. The van der Waals surface area contributed by atoms with Gasteiger partial charge in [-0.25, -0.2) is 4.98 Å². The summed E-state index contributed by atoms with van der Waals surface area (Å²) in [6.07, 6.45) is 1.98. The summed E-state index contributed by atoms with van der Waals surface area (Å²) in [6.45, 7) is 7.83. The molecule has 1 aliphatic heterocycles. The van der Waals surface area contributed by atoms with E-state index < -0.39 is 0 Å². The van der Waals surface area contributed by atoms with Crippen LogP contribution in [-0.4, -0.2) is 48.8 Å². The van der Waals surface area contributed by atoms with E-state index in [0.717, 1.165) is 48.7 Å². The van der Waals surface area contributed by atoms with E-state index >= 15 is 0 Å². The average molecular weight is 276 g/mol. The molecule has 0 amide bonds. The number of rotatable bonds is 5. The summed E-state index contributed by atoms with van der Waals surface area (Å²) in [6, 6.07) is 0. The van der Waals surface area contributed by atoms with Gasteiger partial charge in [0, 0.05) is 26.2 Å². The standard InChI is InChI=1S/C11H18ClN3OS/c1-2-15-3-4-16-9(8-15)5-13-7-11-14-6-10(12)17-11/h6,9,13H,2-5,7-8H2,1H3. The van der Waals surface area contributed by atoms with Gasteiger partial charge in [0.25, 0.3) is 0 Å². The highest BCUT2D eigenvalue weighted by Crippen LogP contribution is 2.17. The summed E-state index contributed by atoms with van der Waals surface area (Å²) in [7, 11) is 0. The lowest BCUT2D eigenvalue weighted by Gasteiger charge is -2.32. The van der Waals surface area contributed by atoms with E-state index in [1.165, 1.54) is 11.3 Å². The molecule has 2 heterocycles. The number of ether oxygens (including phenoxy) is 1. The highest BCUT2D eigenvalue weighted by atomic mass is 35.5. The third kappa shape index (κ3) is 4.19. The quantitative estimate of drug-likeness (QED) is 0.886. The predicted molar refractivity (Wildman–Crippen MR) is 70.7 cm³/mol. The SMILES string of the molecule is CCN1CCOC(CNCc2ncc(Cl)s2)C1. The second-order valence-electron chi connectivity index (χ2n) is 4.08. The first-order chi connectivity index (χ1) is 8.28. The molecule has 1 N–H and O–H groups in total. The van der Waals surface area contributed by atoms with Gasteiger partial charge in [-0.15, -0.1) is 11.3 Å². The zero-order chi connectivity index (χ0) is 12.1. The van der Waals surface area contributed by atoms with E-state index in [0.29, 0.717) is 6.10 Å². The summed E-state index contributed by atoms with van der Waals surface area (Å²) in [5.41, 5.74) is 0. The van der Waals surface area contributed by atoms with E-state index in [2.05, 4.69) is 22.1 Å². The Bertz CT molecular complexity index is 347. The second-order valence-corrected chi connectivity index (χ2v) is 5.82. The Kier molecular flexibility index (Phi) is 5.18. The molecule has 1 aromatic rings. The molecule has 1 unspecified atom stereocenters. The molecule has 17 heavy (non-hydrogen) atoms. The van der Waals surface area contributed by atoms with Gasteiger partial charge in [0.2, 0.25) is 0 Å². The molecule has 0 aromatic carbocycles. The van der Waals surface area contributed by atoms with Gasteiger partial charge in [-0.1, -0.05) is 18.5 Å². The van der Waals surface area contributed by atoms with Crippen molar-refractivity contribution in [1.29, 1.82) is 0 Å². The second kappa shape index (κ2) is 6.66. The first-order valence-corrected chi connectivity index (χ1v) is 7.12. The minimum Gasteiger partial charge on any atom is -0.374 e. The van der Waals surface area contributed by atoms with Gasteiger partial charge in [0.1, 0.15) is 9.34 Å². The zero-order valence-corrected chi connectivity index (χ0v) is 11.6. The lowest BCUT2D eigenvalue weighted by Crippen LogP contribution is -2.46. The topological polar surface area (TPSA) is 37.4 Å². The Labute approximate surface area is 111 Å². The molecule has 96 valence electrons. The normalized spacial score (nSPS) is 21.9. The van der Waals surface area contributed by atoms with Crippen molar-refractivity contribution in [2.75, 3.05) is 32.8 Å². The van der Waals surface area contributed by atoms with Crippen molar-refractivity contribution in [1.82, 2.24) is 15.2 Å². The molecule has 0 spiro atoms. The van der Waals surface area contributed by atoms with Gasteiger partial charge in [0.15, 0.2) is 0 Å². The molecule has 2 rings (SSSR count). The Hall–Kier alpha value is -0.200. The van der Waals surface area contributed by atoms with Crippen LogP contribution >= 0.6 is 22.9 Å². The minimum absolute atomic E-state index is 0.291.